The summed E-state index contributed by atoms with van der Waals surface area (Å²) < 4.78 is 7.51. The number of morpholine rings is 1. The van der Waals surface area contributed by atoms with Crippen molar-refractivity contribution >= 4 is 5.82 Å². The zero-order chi connectivity index (χ0) is 15.9. The molecular weight excluding hydrogens is 296 g/mol. The minimum atomic E-state index is -0.443. The lowest BCUT2D eigenvalue weighted by molar-refractivity contribution is -0.0358. The number of ether oxygens (including phenoxy) is 1. The number of hydrogen-bond acceptors (Lipinski definition) is 7. The number of rotatable bonds is 7. The van der Waals surface area contributed by atoms with Crippen molar-refractivity contribution in [2.75, 3.05) is 38.1 Å². The second kappa shape index (κ2) is 8.00. The number of hydrogen-bond donors (Lipinski definition) is 2. The molecule has 0 radical (unpaired) electrons. The monoisotopic (exact) mass is 318 g/mol. The molecular formula is C15H22N6O2. The van der Waals surface area contributed by atoms with Crippen LogP contribution in [0.15, 0.2) is 36.8 Å². The summed E-state index contributed by atoms with van der Waals surface area (Å²) in [6, 6.07) is 5.58. The number of anilines is 1. The number of aliphatic hydroxyl groups excluding tert-OH is 1. The van der Waals surface area contributed by atoms with Crippen LogP contribution in [0.2, 0.25) is 0 Å². The van der Waals surface area contributed by atoms with Crippen LogP contribution in [0.3, 0.4) is 0 Å². The van der Waals surface area contributed by atoms with Gasteiger partial charge in [-0.15, -0.1) is 5.10 Å². The molecule has 1 aliphatic heterocycles. The lowest BCUT2D eigenvalue weighted by Gasteiger charge is -2.34. The highest BCUT2D eigenvalue weighted by atomic mass is 16.5. The third-order valence-electron chi connectivity index (χ3n) is 3.73. The van der Waals surface area contributed by atoms with Gasteiger partial charge >= 0.3 is 0 Å². The predicted octanol–water partition coefficient (Wildman–Crippen LogP) is -0.153. The highest BCUT2D eigenvalue weighted by Gasteiger charge is 2.22. The maximum atomic E-state index is 10.2. The molecule has 2 atom stereocenters. The van der Waals surface area contributed by atoms with E-state index in [2.05, 4.69) is 25.5 Å². The van der Waals surface area contributed by atoms with E-state index in [0.717, 1.165) is 18.9 Å². The van der Waals surface area contributed by atoms with Gasteiger partial charge in [0.2, 0.25) is 0 Å². The lowest BCUT2D eigenvalue weighted by Crippen LogP contribution is -2.48. The Morgan fingerprint density at radius 3 is 3.09 bits per heavy atom. The van der Waals surface area contributed by atoms with Gasteiger partial charge in [0.1, 0.15) is 5.82 Å². The van der Waals surface area contributed by atoms with Crippen molar-refractivity contribution < 1.29 is 9.84 Å². The minimum absolute atomic E-state index is 0.0719. The number of nitrogens with one attached hydrogen (secondary N) is 1. The molecule has 0 bridgehead atoms. The third-order valence-corrected chi connectivity index (χ3v) is 3.73. The van der Waals surface area contributed by atoms with E-state index in [1.165, 1.54) is 0 Å². The lowest BCUT2D eigenvalue weighted by atomic mass is 10.2. The van der Waals surface area contributed by atoms with Gasteiger partial charge < -0.3 is 15.2 Å². The second-order valence-corrected chi connectivity index (χ2v) is 5.62. The van der Waals surface area contributed by atoms with E-state index in [1.54, 1.807) is 17.1 Å². The molecule has 0 spiro atoms. The van der Waals surface area contributed by atoms with Crippen molar-refractivity contribution in [1.82, 2.24) is 24.9 Å². The summed E-state index contributed by atoms with van der Waals surface area (Å²) in [7, 11) is 0. The van der Waals surface area contributed by atoms with E-state index < -0.39 is 6.10 Å². The van der Waals surface area contributed by atoms with Gasteiger partial charge in [-0.05, 0) is 18.2 Å². The Morgan fingerprint density at radius 1 is 1.35 bits per heavy atom. The van der Waals surface area contributed by atoms with Gasteiger partial charge in [0, 0.05) is 44.8 Å². The molecule has 0 aromatic carbocycles. The van der Waals surface area contributed by atoms with Crippen molar-refractivity contribution in [3.63, 3.8) is 0 Å². The Balaban J connectivity index is 1.42. The first-order valence-electron chi connectivity index (χ1n) is 7.80. The Kier molecular flexibility index (Phi) is 5.51. The maximum Gasteiger partial charge on any atom is 0.148 e. The molecule has 23 heavy (non-hydrogen) atoms. The average Bonchev–Trinajstić information content (AvgIpc) is 3.07. The standard InChI is InChI=1S/C15H22N6O2/c22-13(11-21-6-2-5-18-21)10-20-7-8-23-14(12-20)9-16-15-3-1-4-17-19-15/h1-6,13-14,22H,7-12H2,(H,16,19)/t13-,14-/m0/s1. The SMILES string of the molecule is O[C@@H](CN1CCO[C@@H](CNc2cccnn2)C1)Cn1cccn1. The number of β-amino-alcohol motifs (C(OH)–C–C–N with tert-alkyl or cyclic N) is 1. The average molecular weight is 318 g/mol. The topological polar surface area (TPSA) is 88.3 Å². The van der Waals surface area contributed by atoms with Crippen molar-refractivity contribution in [3.05, 3.63) is 36.8 Å². The van der Waals surface area contributed by atoms with E-state index in [9.17, 15) is 5.11 Å². The molecule has 0 amide bonds. The molecule has 8 nitrogen and oxygen atoms in total. The summed E-state index contributed by atoms with van der Waals surface area (Å²) in [6.07, 6.45) is 4.85. The van der Waals surface area contributed by atoms with Crippen molar-refractivity contribution in [3.8, 4) is 0 Å². The zero-order valence-corrected chi connectivity index (χ0v) is 13.0. The molecule has 1 fully saturated rings. The molecule has 0 aliphatic carbocycles. The predicted molar refractivity (Wildman–Crippen MR) is 84.9 cm³/mol. The molecule has 1 saturated heterocycles. The summed E-state index contributed by atoms with van der Waals surface area (Å²) in [5.74, 6) is 0.743. The molecule has 3 rings (SSSR count). The van der Waals surface area contributed by atoms with E-state index in [1.807, 2.05) is 24.4 Å². The molecule has 124 valence electrons. The molecule has 2 aromatic rings. The van der Waals surface area contributed by atoms with Crippen molar-refractivity contribution in [2.24, 2.45) is 0 Å². The highest BCUT2D eigenvalue weighted by molar-refractivity contribution is 5.31. The van der Waals surface area contributed by atoms with E-state index in [-0.39, 0.29) is 6.10 Å². The Labute approximate surface area is 135 Å². The Hall–Kier alpha value is -2.03. The quantitative estimate of drug-likeness (QED) is 0.734. The third kappa shape index (κ3) is 4.98. The Bertz CT molecular complexity index is 565. The minimum Gasteiger partial charge on any atom is -0.390 e. The number of nitrogens with zero attached hydrogens (tertiary/aromatic N) is 5. The van der Waals surface area contributed by atoms with Crippen LogP contribution in [0, 0.1) is 0 Å². The van der Waals surface area contributed by atoms with Gasteiger partial charge in [0.15, 0.2) is 0 Å². The van der Waals surface area contributed by atoms with Crippen LogP contribution in [0.5, 0.6) is 0 Å². The van der Waals surface area contributed by atoms with Gasteiger partial charge in [0.05, 0.1) is 25.4 Å². The van der Waals surface area contributed by atoms with Crippen LogP contribution in [-0.2, 0) is 11.3 Å². The Morgan fingerprint density at radius 2 is 2.30 bits per heavy atom. The summed E-state index contributed by atoms with van der Waals surface area (Å²) in [5, 5.41) is 25.4. The zero-order valence-electron chi connectivity index (χ0n) is 13.0. The normalized spacial score (nSPS) is 20.3. The summed E-state index contributed by atoms with van der Waals surface area (Å²) >= 11 is 0. The van der Waals surface area contributed by atoms with Crippen LogP contribution >= 0.6 is 0 Å². The fourth-order valence-electron chi connectivity index (χ4n) is 2.66. The number of aromatic nitrogens is 4. The maximum absolute atomic E-state index is 10.2. The van der Waals surface area contributed by atoms with Crippen LogP contribution in [-0.4, -0.2) is 75.0 Å². The molecule has 0 unspecified atom stereocenters. The molecule has 2 N–H and O–H groups in total. The molecule has 0 saturated carbocycles. The molecule has 8 heteroatoms. The first-order chi connectivity index (χ1) is 11.3. The van der Waals surface area contributed by atoms with Crippen molar-refractivity contribution in [2.45, 2.75) is 18.8 Å². The smallest absolute Gasteiger partial charge is 0.148 e. The first kappa shape index (κ1) is 15.9. The number of aliphatic hydroxyl groups is 1. The van der Waals surface area contributed by atoms with Crippen LogP contribution < -0.4 is 5.32 Å². The van der Waals surface area contributed by atoms with Crippen LogP contribution in [0.1, 0.15) is 0 Å². The summed E-state index contributed by atoms with van der Waals surface area (Å²) in [4.78, 5) is 2.22. The summed E-state index contributed by atoms with van der Waals surface area (Å²) in [5.41, 5.74) is 0. The first-order valence-corrected chi connectivity index (χ1v) is 7.80. The van der Waals surface area contributed by atoms with Gasteiger partial charge in [-0.2, -0.15) is 10.2 Å². The highest BCUT2D eigenvalue weighted by Crippen LogP contribution is 2.08. The van der Waals surface area contributed by atoms with Gasteiger partial charge in [-0.1, -0.05) is 0 Å². The van der Waals surface area contributed by atoms with Crippen LogP contribution in [0.4, 0.5) is 5.82 Å². The second-order valence-electron chi connectivity index (χ2n) is 5.62. The molecule has 2 aromatic heterocycles. The van der Waals surface area contributed by atoms with Crippen molar-refractivity contribution in [1.29, 1.82) is 0 Å². The molecule has 1 aliphatic rings. The van der Waals surface area contributed by atoms with E-state index >= 15 is 0 Å². The van der Waals surface area contributed by atoms with Gasteiger partial charge in [-0.25, -0.2) is 0 Å². The van der Waals surface area contributed by atoms with Gasteiger partial charge in [-0.3, -0.25) is 9.58 Å². The largest absolute Gasteiger partial charge is 0.390 e. The fraction of sp³-hybridized carbons (Fsp3) is 0.533. The molecule has 3 heterocycles. The van der Waals surface area contributed by atoms with Gasteiger partial charge in [0.25, 0.3) is 0 Å². The summed E-state index contributed by atoms with van der Waals surface area (Å²) in [6.45, 7) is 4.07. The van der Waals surface area contributed by atoms with E-state index in [4.69, 9.17) is 4.74 Å². The van der Waals surface area contributed by atoms with Crippen LogP contribution in [0.25, 0.3) is 0 Å². The van der Waals surface area contributed by atoms with E-state index in [0.29, 0.717) is 26.2 Å². The fourth-order valence-corrected chi connectivity index (χ4v) is 2.66.